The van der Waals surface area contributed by atoms with E-state index in [0.29, 0.717) is 0 Å². The van der Waals surface area contributed by atoms with Gasteiger partial charge in [0.05, 0.1) is 12.0 Å². The predicted molar refractivity (Wildman–Crippen MR) is 130 cm³/mol. The summed E-state index contributed by atoms with van der Waals surface area (Å²) in [7, 11) is 0. The summed E-state index contributed by atoms with van der Waals surface area (Å²) in [6.45, 7) is 13.2. The van der Waals surface area contributed by atoms with E-state index >= 15 is 0 Å². The average Bonchev–Trinajstić information content (AvgIpc) is 3.03. The number of aryl methyl sites for hydroxylation is 2. The second kappa shape index (κ2) is 8.70. The summed E-state index contributed by atoms with van der Waals surface area (Å²) in [4.78, 5) is 13.0. The van der Waals surface area contributed by atoms with Gasteiger partial charge < -0.3 is 15.0 Å². The third-order valence-corrected chi connectivity index (χ3v) is 5.77. The smallest absolute Gasteiger partial charge is 0.230 e. The summed E-state index contributed by atoms with van der Waals surface area (Å²) in [6, 6.07) is 14.3. The lowest BCUT2D eigenvalue weighted by Gasteiger charge is -2.30. The highest BCUT2D eigenvalue weighted by Crippen LogP contribution is 2.33. The number of hydrogen-bond acceptors (Lipinski definition) is 2. The van der Waals surface area contributed by atoms with Crippen LogP contribution in [0.25, 0.3) is 22.2 Å². The largest absolute Gasteiger partial charge is 0.389 e. The molecule has 1 aromatic heterocycles. The van der Waals surface area contributed by atoms with E-state index in [4.69, 9.17) is 0 Å². The number of amides is 1. The Morgan fingerprint density at radius 2 is 1.66 bits per heavy atom. The standard InChI is InChI=1S/C27H35FN2O2/c1-17-10-18(2)12-19(11-17)24-14-20-13-21(27(6,7)25(32)29-26(3,4)5)8-9-23(20)30(24)16-22(31)15-28/h8-14,22,31H,15-16H2,1-7H3,(H,29,32). The van der Waals surface area contributed by atoms with Crippen molar-refractivity contribution in [3.05, 3.63) is 59.2 Å². The number of rotatable bonds is 6. The topological polar surface area (TPSA) is 54.3 Å². The van der Waals surface area contributed by atoms with Gasteiger partial charge in [0.2, 0.25) is 5.91 Å². The molecule has 2 N–H and O–H groups in total. The van der Waals surface area contributed by atoms with E-state index in [2.05, 4.69) is 29.6 Å². The first-order valence-electron chi connectivity index (χ1n) is 11.1. The molecule has 0 radical (unpaired) electrons. The zero-order valence-electron chi connectivity index (χ0n) is 20.2. The summed E-state index contributed by atoms with van der Waals surface area (Å²) in [5, 5.41) is 14.1. The van der Waals surface area contributed by atoms with Gasteiger partial charge in [0.25, 0.3) is 0 Å². The summed E-state index contributed by atoms with van der Waals surface area (Å²) < 4.78 is 15.1. The van der Waals surface area contributed by atoms with Crippen molar-refractivity contribution in [3.8, 4) is 11.3 Å². The number of hydrogen-bond donors (Lipinski definition) is 2. The van der Waals surface area contributed by atoms with Crippen LogP contribution in [0.5, 0.6) is 0 Å². The van der Waals surface area contributed by atoms with Gasteiger partial charge in [-0.2, -0.15) is 0 Å². The van der Waals surface area contributed by atoms with Crippen LogP contribution in [0.15, 0.2) is 42.5 Å². The summed E-state index contributed by atoms with van der Waals surface area (Å²) in [5.74, 6) is -0.0360. The molecule has 1 unspecified atom stereocenters. The van der Waals surface area contributed by atoms with E-state index in [1.165, 1.54) is 0 Å². The van der Waals surface area contributed by atoms with Gasteiger partial charge in [0.1, 0.15) is 12.8 Å². The first kappa shape index (κ1) is 24.0. The Morgan fingerprint density at radius 3 is 2.22 bits per heavy atom. The van der Waals surface area contributed by atoms with Crippen LogP contribution in [0.1, 0.15) is 51.3 Å². The van der Waals surface area contributed by atoms with Crippen molar-refractivity contribution in [2.24, 2.45) is 0 Å². The minimum Gasteiger partial charge on any atom is -0.389 e. The van der Waals surface area contributed by atoms with Crippen LogP contribution in [-0.4, -0.2) is 33.9 Å². The second-order valence-electron chi connectivity index (χ2n) is 10.4. The SMILES string of the molecule is Cc1cc(C)cc(-c2cc3cc(C(C)(C)C(=O)NC(C)(C)C)ccc3n2CC(O)CF)c1. The monoisotopic (exact) mass is 438 g/mol. The minimum atomic E-state index is -1.08. The minimum absolute atomic E-state index is 0.0360. The molecular weight excluding hydrogens is 403 g/mol. The van der Waals surface area contributed by atoms with Gasteiger partial charge in [-0.15, -0.1) is 0 Å². The highest BCUT2D eigenvalue weighted by molar-refractivity contribution is 5.92. The van der Waals surface area contributed by atoms with Crippen molar-refractivity contribution in [3.63, 3.8) is 0 Å². The van der Waals surface area contributed by atoms with E-state index in [0.717, 1.165) is 38.9 Å². The van der Waals surface area contributed by atoms with E-state index in [9.17, 15) is 14.3 Å². The molecule has 2 aromatic carbocycles. The lowest BCUT2D eigenvalue weighted by Crippen LogP contribution is -2.48. The number of nitrogens with one attached hydrogen (secondary N) is 1. The molecule has 3 aromatic rings. The van der Waals surface area contributed by atoms with E-state index in [1.807, 2.05) is 71.2 Å². The van der Waals surface area contributed by atoms with Gasteiger partial charge in [-0.3, -0.25) is 4.79 Å². The van der Waals surface area contributed by atoms with Gasteiger partial charge in [-0.05, 0) is 89.9 Å². The molecule has 0 aliphatic heterocycles. The Kier molecular flexibility index (Phi) is 6.52. The molecule has 172 valence electrons. The van der Waals surface area contributed by atoms with Crippen molar-refractivity contribution >= 4 is 16.8 Å². The highest BCUT2D eigenvalue weighted by atomic mass is 19.1. The van der Waals surface area contributed by atoms with Gasteiger partial charge in [-0.25, -0.2) is 4.39 Å². The molecule has 0 saturated carbocycles. The summed E-state index contributed by atoms with van der Waals surface area (Å²) >= 11 is 0. The number of nitrogens with zero attached hydrogens (tertiary/aromatic N) is 1. The maximum Gasteiger partial charge on any atom is 0.230 e. The maximum atomic E-state index is 13.2. The number of carbonyl (C=O) groups is 1. The fourth-order valence-corrected chi connectivity index (χ4v) is 4.11. The van der Waals surface area contributed by atoms with E-state index < -0.39 is 18.2 Å². The Hall–Kier alpha value is -2.66. The molecule has 0 fully saturated rings. The van der Waals surface area contributed by atoms with Crippen LogP contribution in [0.3, 0.4) is 0 Å². The number of halogens is 1. The van der Waals surface area contributed by atoms with E-state index in [-0.39, 0.29) is 18.0 Å². The molecule has 32 heavy (non-hydrogen) atoms. The van der Waals surface area contributed by atoms with Gasteiger partial charge in [0, 0.05) is 22.1 Å². The quantitative estimate of drug-likeness (QED) is 0.538. The summed E-state index contributed by atoms with van der Waals surface area (Å²) in [6.07, 6.45) is -1.08. The molecule has 0 bridgehead atoms. The number of carbonyl (C=O) groups excluding carboxylic acids is 1. The molecule has 0 saturated heterocycles. The van der Waals surface area contributed by atoms with Crippen molar-refractivity contribution < 1.29 is 14.3 Å². The number of alkyl halides is 1. The summed E-state index contributed by atoms with van der Waals surface area (Å²) in [5.41, 5.74) is 5.00. The van der Waals surface area contributed by atoms with Crippen LogP contribution in [0.4, 0.5) is 4.39 Å². The third-order valence-electron chi connectivity index (χ3n) is 5.77. The molecule has 0 aliphatic carbocycles. The fourth-order valence-electron chi connectivity index (χ4n) is 4.11. The lowest BCUT2D eigenvalue weighted by atomic mass is 9.82. The maximum absolute atomic E-state index is 13.2. The zero-order chi connectivity index (χ0) is 23.8. The molecular formula is C27H35FN2O2. The first-order chi connectivity index (χ1) is 14.8. The second-order valence-corrected chi connectivity index (χ2v) is 10.4. The van der Waals surface area contributed by atoms with Crippen molar-refractivity contribution in [2.75, 3.05) is 6.67 Å². The lowest BCUT2D eigenvalue weighted by molar-refractivity contribution is -0.127. The highest BCUT2D eigenvalue weighted by Gasteiger charge is 2.32. The Balaban J connectivity index is 2.14. The van der Waals surface area contributed by atoms with Crippen LogP contribution in [0, 0.1) is 13.8 Å². The number of aliphatic hydroxyl groups is 1. The van der Waals surface area contributed by atoms with Gasteiger partial charge in [-0.1, -0.05) is 23.3 Å². The molecule has 1 amide bonds. The van der Waals surface area contributed by atoms with Crippen LogP contribution < -0.4 is 5.32 Å². The van der Waals surface area contributed by atoms with E-state index in [1.54, 1.807) is 0 Å². The number of aromatic nitrogens is 1. The number of benzene rings is 2. The van der Waals surface area contributed by atoms with Crippen LogP contribution >= 0.6 is 0 Å². The van der Waals surface area contributed by atoms with Gasteiger partial charge in [0.15, 0.2) is 0 Å². The average molecular weight is 439 g/mol. The number of aliphatic hydroxyl groups excluding tert-OH is 1. The van der Waals surface area contributed by atoms with Gasteiger partial charge >= 0.3 is 0 Å². The predicted octanol–water partition coefficient (Wildman–Crippen LogP) is 5.45. The molecule has 1 atom stereocenters. The first-order valence-corrected chi connectivity index (χ1v) is 11.1. The molecule has 3 rings (SSSR count). The Labute approximate surface area is 190 Å². The Morgan fingerprint density at radius 1 is 1.03 bits per heavy atom. The Bertz CT molecular complexity index is 1120. The molecule has 4 nitrogen and oxygen atoms in total. The van der Waals surface area contributed by atoms with Crippen molar-refractivity contribution in [2.45, 2.75) is 72.1 Å². The van der Waals surface area contributed by atoms with Crippen molar-refractivity contribution in [1.29, 1.82) is 0 Å². The molecule has 1 heterocycles. The number of fused-ring (bicyclic) bond motifs is 1. The molecule has 0 aliphatic rings. The van der Waals surface area contributed by atoms with Crippen LogP contribution in [-0.2, 0) is 16.8 Å². The third kappa shape index (κ3) is 5.04. The zero-order valence-corrected chi connectivity index (χ0v) is 20.2. The van der Waals surface area contributed by atoms with Crippen molar-refractivity contribution in [1.82, 2.24) is 9.88 Å². The normalized spacial score (nSPS) is 13.4. The van der Waals surface area contributed by atoms with Crippen LogP contribution in [0.2, 0.25) is 0 Å². The fraction of sp³-hybridized carbons (Fsp3) is 0.444. The molecule has 5 heteroatoms. The molecule has 0 spiro atoms.